The molecule has 2 aromatic rings. The number of methoxy groups -OCH3 is 1. The van der Waals surface area contributed by atoms with E-state index in [1.807, 2.05) is 13.8 Å². The second-order valence-corrected chi connectivity index (χ2v) is 4.84. The van der Waals surface area contributed by atoms with E-state index < -0.39 is 6.10 Å². The topological polar surface area (TPSA) is 60.2 Å². The molecule has 0 saturated carbocycles. The van der Waals surface area contributed by atoms with Crippen molar-refractivity contribution in [2.45, 2.75) is 26.0 Å². The van der Waals surface area contributed by atoms with E-state index >= 15 is 0 Å². The van der Waals surface area contributed by atoms with Crippen LogP contribution in [0.5, 0.6) is 5.75 Å². The first-order chi connectivity index (χ1) is 9.04. The zero-order valence-electron chi connectivity index (χ0n) is 11.0. The van der Waals surface area contributed by atoms with Gasteiger partial charge in [0.1, 0.15) is 17.0 Å². The van der Waals surface area contributed by atoms with Crippen LogP contribution in [0.15, 0.2) is 24.5 Å². The Morgan fingerprint density at radius 1 is 1.32 bits per heavy atom. The summed E-state index contributed by atoms with van der Waals surface area (Å²) in [5.74, 6) is 0.552. The maximum atomic E-state index is 10.5. The van der Waals surface area contributed by atoms with Gasteiger partial charge in [0.05, 0.1) is 13.3 Å². The predicted octanol–water partition coefficient (Wildman–Crippen LogP) is 2.60. The lowest BCUT2D eigenvalue weighted by Crippen LogP contribution is -2.13. The van der Waals surface area contributed by atoms with Gasteiger partial charge in [-0.1, -0.05) is 17.7 Å². The lowest BCUT2D eigenvalue weighted by molar-refractivity contribution is 0.199. The summed E-state index contributed by atoms with van der Waals surface area (Å²) in [6, 6.07) is 3.49. The molecule has 102 valence electrons. The van der Waals surface area contributed by atoms with E-state index in [4.69, 9.17) is 16.3 Å². The first-order valence-corrected chi connectivity index (χ1v) is 6.33. The molecule has 1 unspecified atom stereocenters. The van der Waals surface area contributed by atoms with E-state index in [-0.39, 0.29) is 6.04 Å². The molecule has 0 spiro atoms. The molecular formula is C13H16ClN3O2. The van der Waals surface area contributed by atoms with Gasteiger partial charge in [-0.15, -0.1) is 0 Å². The molecule has 2 aromatic heterocycles. The fraction of sp³-hybridized carbons (Fsp3) is 0.385. The number of ether oxygens (including phenoxy) is 1. The van der Waals surface area contributed by atoms with Gasteiger partial charge in [-0.25, -0.2) is 4.98 Å². The largest absolute Gasteiger partial charge is 0.493 e. The number of aliphatic hydroxyl groups is 1. The van der Waals surface area contributed by atoms with Gasteiger partial charge in [-0.05, 0) is 19.9 Å². The molecule has 0 aromatic carbocycles. The number of nitrogens with zero attached hydrogens (tertiary/aromatic N) is 3. The van der Waals surface area contributed by atoms with Crippen LogP contribution in [-0.4, -0.2) is 27.0 Å². The zero-order chi connectivity index (χ0) is 14.0. The normalized spacial score (nSPS) is 12.7. The smallest absolute Gasteiger partial charge is 0.163 e. The van der Waals surface area contributed by atoms with Crippen molar-refractivity contribution in [1.29, 1.82) is 0 Å². The number of aromatic nitrogens is 3. The molecule has 0 amide bonds. The van der Waals surface area contributed by atoms with Crippen molar-refractivity contribution in [2.75, 3.05) is 7.11 Å². The van der Waals surface area contributed by atoms with Crippen LogP contribution in [0.4, 0.5) is 0 Å². The minimum Gasteiger partial charge on any atom is -0.493 e. The van der Waals surface area contributed by atoms with Gasteiger partial charge in [0, 0.05) is 17.8 Å². The van der Waals surface area contributed by atoms with Crippen LogP contribution in [-0.2, 0) is 0 Å². The Balaban J connectivity index is 2.44. The summed E-state index contributed by atoms with van der Waals surface area (Å²) in [6.45, 7) is 3.98. The van der Waals surface area contributed by atoms with Crippen LogP contribution in [0.2, 0.25) is 5.15 Å². The number of pyridine rings is 1. The van der Waals surface area contributed by atoms with Crippen molar-refractivity contribution in [3.63, 3.8) is 0 Å². The Kier molecular flexibility index (Phi) is 4.07. The molecule has 0 aliphatic carbocycles. The molecule has 0 aliphatic rings. The van der Waals surface area contributed by atoms with Gasteiger partial charge in [0.15, 0.2) is 5.75 Å². The third-order valence-corrected chi connectivity index (χ3v) is 3.06. The Bertz CT molecular complexity index is 552. The summed E-state index contributed by atoms with van der Waals surface area (Å²) in [6.07, 6.45) is 2.29. The Morgan fingerprint density at radius 3 is 2.58 bits per heavy atom. The minimum atomic E-state index is -0.857. The van der Waals surface area contributed by atoms with Gasteiger partial charge in [0.2, 0.25) is 0 Å². The molecule has 0 aliphatic heterocycles. The zero-order valence-corrected chi connectivity index (χ0v) is 11.8. The monoisotopic (exact) mass is 281 g/mol. The molecule has 2 heterocycles. The number of rotatable bonds is 4. The predicted molar refractivity (Wildman–Crippen MR) is 72.5 cm³/mol. The lowest BCUT2D eigenvalue weighted by atomic mass is 10.1. The summed E-state index contributed by atoms with van der Waals surface area (Å²) in [5.41, 5.74) is 1.26. The number of halogens is 1. The molecule has 0 radical (unpaired) electrons. The van der Waals surface area contributed by atoms with Crippen molar-refractivity contribution >= 4 is 11.6 Å². The Hall–Kier alpha value is -1.59. The Labute approximate surface area is 116 Å². The molecule has 19 heavy (non-hydrogen) atoms. The molecule has 0 fully saturated rings. The van der Waals surface area contributed by atoms with Crippen LogP contribution in [0, 0.1) is 0 Å². The lowest BCUT2D eigenvalue weighted by Gasteiger charge is -2.17. The average Bonchev–Trinajstić information content (AvgIpc) is 2.82. The fourth-order valence-corrected chi connectivity index (χ4v) is 2.00. The molecule has 0 saturated heterocycles. The van der Waals surface area contributed by atoms with Crippen molar-refractivity contribution in [2.24, 2.45) is 0 Å². The van der Waals surface area contributed by atoms with Gasteiger partial charge < -0.3 is 9.84 Å². The summed E-state index contributed by atoms with van der Waals surface area (Å²) in [7, 11) is 1.55. The highest BCUT2D eigenvalue weighted by atomic mass is 35.5. The molecule has 2 rings (SSSR count). The number of aliphatic hydroxyl groups excluding tert-OH is 1. The summed E-state index contributed by atoms with van der Waals surface area (Å²) < 4.78 is 6.99. The van der Waals surface area contributed by atoms with E-state index in [1.54, 1.807) is 36.3 Å². The van der Waals surface area contributed by atoms with Crippen LogP contribution >= 0.6 is 11.6 Å². The van der Waals surface area contributed by atoms with Crippen molar-refractivity contribution in [1.82, 2.24) is 14.8 Å². The number of hydrogen-bond donors (Lipinski definition) is 1. The van der Waals surface area contributed by atoms with Crippen molar-refractivity contribution in [3.8, 4) is 5.75 Å². The first-order valence-electron chi connectivity index (χ1n) is 5.95. The molecule has 6 heteroatoms. The van der Waals surface area contributed by atoms with E-state index in [1.165, 1.54) is 0 Å². The average molecular weight is 282 g/mol. The maximum Gasteiger partial charge on any atom is 0.163 e. The fourth-order valence-electron chi connectivity index (χ4n) is 1.89. The van der Waals surface area contributed by atoms with E-state index in [0.717, 1.165) is 0 Å². The number of hydrogen-bond acceptors (Lipinski definition) is 4. The standard InChI is InChI=1S/C13H16ClN3O2/c1-8(2)17-12(10(19-3)7-16-17)13(18)9-4-5-11(14)15-6-9/h4-8,13,18H,1-3H3. The first kappa shape index (κ1) is 13.8. The highest BCUT2D eigenvalue weighted by Gasteiger charge is 2.23. The maximum absolute atomic E-state index is 10.5. The van der Waals surface area contributed by atoms with Crippen LogP contribution in [0.1, 0.15) is 37.3 Å². The molecule has 5 nitrogen and oxygen atoms in total. The van der Waals surface area contributed by atoms with Crippen molar-refractivity contribution in [3.05, 3.63) is 40.9 Å². The van der Waals surface area contributed by atoms with Gasteiger partial charge in [-0.2, -0.15) is 5.10 Å². The molecular weight excluding hydrogens is 266 g/mol. The Morgan fingerprint density at radius 2 is 2.05 bits per heavy atom. The second-order valence-electron chi connectivity index (χ2n) is 4.45. The van der Waals surface area contributed by atoms with Crippen LogP contribution in [0.3, 0.4) is 0 Å². The quantitative estimate of drug-likeness (QED) is 0.875. The molecule has 1 N–H and O–H groups in total. The second kappa shape index (κ2) is 5.59. The van der Waals surface area contributed by atoms with Crippen molar-refractivity contribution < 1.29 is 9.84 Å². The highest BCUT2D eigenvalue weighted by molar-refractivity contribution is 6.29. The van der Waals surface area contributed by atoms with Gasteiger partial charge in [-0.3, -0.25) is 4.68 Å². The van der Waals surface area contributed by atoms with E-state index in [0.29, 0.717) is 22.2 Å². The highest BCUT2D eigenvalue weighted by Crippen LogP contribution is 2.31. The van der Waals surface area contributed by atoms with Crippen LogP contribution in [0.25, 0.3) is 0 Å². The van der Waals surface area contributed by atoms with Gasteiger partial charge >= 0.3 is 0 Å². The summed E-state index contributed by atoms with van der Waals surface area (Å²) in [5, 5.41) is 15.1. The third kappa shape index (κ3) is 2.72. The SMILES string of the molecule is COc1cnn(C(C)C)c1C(O)c1ccc(Cl)nc1. The summed E-state index contributed by atoms with van der Waals surface area (Å²) in [4.78, 5) is 3.98. The minimum absolute atomic E-state index is 0.119. The van der Waals surface area contributed by atoms with Gasteiger partial charge in [0.25, 0.3) is 0 Å². The molecule has 0 bridgehead atoms. The third-order valence-electron chi connectivity index (χ3n) is 2.83. The molecule has 1 atom stereocenters. The van der Waals surface area contributed by atoms with E-state index in [2.05, 4.69) is 10.1 Å². The summed E-state index contributed by atoms with van der Waals surface area (Å²) >= 11 is 5.75. The van der Waals surface area contributed by atoms with Crippen LogP contribution < -0.4 is 4.74 Å². The van der Waals surface area contributed by atoms with E-state index in [9.17, 15) is 5.11 Å².